The van der Waals surface area contributed by atoms with Crippen LogP contribution >= 0.6 is 0 Å². The summed E-state index contributed by atoms with van der Waals surface area (Å²) >= 11 is 0. The van der Waals surface area contributed by atoms with Crippen molar-refractivity contribution in [1.29, 1.82) is 0 Å². The van der Waals surface area contributed by atoms with Crippen molar-refractivity contribution in [3.8, 4) is 0 Å². The first-order valence-corrected chi connectivity index (χ1v) is 11.6. The molecule has 1 aromatic carbocycles. The molecule has 9 nitrogen and oxygen atoms in total. The number of fused-ring (bicyclic) bond motifs is 1. The summed E-state index contributed by atoms with van der Waals surface area (Å²) in [5.41, 5.74) is 1.61. The van der Waals surface area contributed by atoms with Crippen LogP contribution in [0.15, 0.2) is 36.5 Å². The number of rotatable bonds is 10. The Balaban J connectivity index is 1.68. The molecule has 0 saturated carbocycles. The Bertz CT molecular complexity index is 1050. The van der Waals surface area contributed by atoms with Crippen LogP contribution in [0.2, 0.25) is 0 Å². The van der Waals surface area contributed by atoms with Gasteiger partial charge in [0, 0.05) is 31.5 Å². The van der Waals surface area contributed by atoms with E-state index in [0.29, 0.717) is 26.1 Å². The number of amides is 1. The largest absolute Gasteiger partial charge is 0.527 e. The smallest absolute Gasteiger partial charge is 0.433 e. The first kappa shape index (κ1) is 27.2. The van der Waals surface area contributed by atoms with Gasteiger partial charge >= 0.3 is 12.3 Å². The molecule has 2 aromatic rings. The zero-order valence-corrected chi connectivity index (χ0v) is 20.2. The fourth-order valence-electron chi connectivity index (χ4n) is 3.90. The van der Waals surface area contributed by atoms with E-state index in [1.807, 2.05) is 18.2 Å². The Labute approximate surface area is 207 Å². The maximum Gasteiger partial charge on any atom is 0.527 e. The van der Waals surface area contributed by atoms with Crippen LogP contribution in [0.5, 0.6) is 0 Å². The number of carbonyl (C=O) groups is 2. The van der Waals surface area contributed by atoms with Crippen molar-refractivity contribution < 1.29 is 32.3 Å². The van der Waals surface area contributed by atoms with Gasteiger partial charge in [0.25, 0.3) is 0 Å². The predicted molar refractivity (Wildman–Crippen MR) is 126 cm³/mol. The van der Waals surface area contributed by atoms with E-state index >= 15 is 0 Å². The second kappa shape index (κ2) is 12.5. The number of anilines is 1. The molecular weight excluding hydrogens is 479 g/mol. The summed E-state index contributed by atoms with van der Waals surface area (Å²) in [4.78, 5) is 35.1. The molecule has 196 valence electrons. The van der Waals surface area contributed by atoms with Crippen LogP contribution in [0.3, 0.4) is 0 Å². The van der Waals surface area contributed by atoms with Gasteiger partial charge in [-0.2, -0.15) is 13.2 Å². The highest BCUT2D eigenvalue weighted by atomic mass is 19.4. The average molecular weight is 510 g/mol. The van der Waals surface area contributed by atoms with Crippen LogP contribution < -0.4 is 10.6 Å². The fraction of sp³-hybridized carbons (Fsp3) is 0.458. The van der Waals surface area contributed by atoms with Crippen molar-refractivity contribution in [1.82, 2.24) is 20.3 Å². The average Bonchev–Trinajstić information content (AvgIpc) is 2.84. The van der Waals surface area contributed by atoms with Gasteiger partial charge in [-0.25, -0.2) is 4.79 Å². The van der Waals surface area contributed by atoms with E-state index in [9.17, 15) is 22.8 Å². The number of ether oxygens (including phenoxy) is 1. The predicted octanol–water partition coefficient (Wildman–Crippen LogP) is 3.21. The Morgan fingerprint density at radius 3 is 2.75 bits per heavy atom. The standard InChI is InChI=1S/C24H30F3N5O4/c1-3-35-23(34)36-32-12-9-18-17(15-32)6-4-8-20(18)30-14-22(33)31(13-11-28-2)16-21-19(24(25,26)27)7-5-10-29-21/h4-8,10,28,30H,3,9,11-16H2,1-2H3. The molecule has 0 aliphatic carbocycles. The lowest BCUT2D eigenvalue weighted by Gasteiger charge is -2.29. The lowest BCUT2D eigenvalue weighted by Crippen LogP contribution is -2.40. The van der Waals surface area contributed by atoms with Gasteiger partial charge in [-0.1, -0.05) is 12.1 Å². The quantitative estimate of drug-likeness (QED) is 0.472. The van der Waals surface area contributed by atoms with Crippen molar-refractivity contribution in [2.24, 2.45) is 0 Å². The number of likely N-dealkylation sites (N-methyl/N-ethyl adjacent to an activating group) is 1. The Morgan fingerprint density at radius 1 is 1.22 bits per heavy atom. The summed E-state index contributed by atoms with van der Waals surface area (Å²) in [6, 6.07) is 7.76. The number of hydrogen-bond donors (Lipinski definition) is 2. The molecule has 1 aliphatic rings. The highest BCUT2D eigenvalue weighted by Gasteiger charge is 2.34. The van der Waals surface area contributed by atoms with E-state index in [0.717, 1.165) is 22.9 Å². The molecule has 1 aromatic heterocycles. The van der Waals surface area contributed by atoms with Gasteiger partial charge in [0.2, 0.25) is 5.91 Å². The SMILES string of the molecule is CCOC(=O)ON1CCc2c(cccc2NCC(=O)N(CCNC)Cc2ncccc2C(F)(F)F)C1. The molecular formula is C24H30F3N5O4. The molecule has 0 atom stereocenters. The van der Waals surface area contributed by atoms with Crippen LogP contribution in [-0.2, 0) is 40.1 Å². The van der Waals surface area contributed by atoms with Crippen LogP contribution in [0.4, 0.5) is 23.7 Å². The molecule has 0 spiro atoms. The van der Waals surface area contributed by atoms with Crippen molar-refractivity contribution in [3.05, 3.63) is 58.9 Å². The Morgan fingerprint density at radius 2 is 2.03 bits per heavy atom. The minimum absolute atomic E-state index is 0.0998. The van der Waals surface area contributed by atoms with E-state index in [1.54, 1.807) is 14.0 Å². The van der Waals surface area contributed by atoms with Crippen molar-refractivity contribution in [2.45, 2.75) is 32.6 Å². The molecule has 0 bridgehead atoms. The molecule has 2 heterocycles. The first-order chi connectivity index (χ1) is 17.2. The lowest BCUT2D eigenvalue weighted by atomic mass is 9.99. The summed E-state index contributed by atoms with van der Waals surface area (Å²) in [7, 11) is 1.70. The van der Waals surface area contributed by atoms with Crippen LogP contribution in [0.25, 0.3) is 0 Å². The summed E-state index contributed by atoms with van der Waals surface area (Å²) in [5.74, 6) is -0.357. The summed E-state index contributed by atoms with van der Waals surface area (Å²) in [6.07, 6.45) is -3.47. The minimum Gasteiger partial charge on any atom is -0.433 e. The summed E-state index contributed by atoms with van der Waals surface area (Å²) < 4.78 is 45.0. The molecule has 0 saturated heterocycles. The first-order valence-electron chi connectivity index (χ1n) is 11.6. The molecule has 1 amide bonds. The number of hydrogen-bond acceptors (Lipinski definition) is 8. The van der Waals surface area contributed by atoms with E-state index in [2.05, 4.69) is 15.6 Å². The highest BCUT2D eigenvalue weighted by molar-refractivity contribution is 5.81. The van der Waals surface area contributed by atoms with E-state index in [4.69, 9.17) is 9.57 Å². The van der Waals surface area contributed by atoms with Crippen LogP contribution in [0, 0.1) is 0 Å². The van der Waals surface area contributed by atoms with E-state index in [-0.39, 0.29) is 37.8 Å². The third kappa shape index (κ3) is 7.31. The van der Waals surface area contributed by atoms with Gasteiger partial charge in [0.15, 0.2) is 0 Å². The number of aromatic nitrogens is 1. The number of nitrogens with zero attached hydrogens (tertiary/aromatic N) is 3. The zero-order valence-electron chi connectivity index (χ0n) is 20.2. The normalized spacial score (nSPS) is 13.6. The molecule has 36 heavy (non-hydrogen) atoms. The number of halogens is 3. The molecule has 0 radical (unpaired) electrons. The monoisotopic (exact) mass is 509 g/mol. The van der Waals surface area contributed by atoms with E-state index in [1.165, 1.54) is 22.2 Å². The lowest BCUT2D eigenvalue weighted by molar-refractivity contribution is -0.140. The maximum absolute atomic E-state index is 13.4. The van der Waals surface area contributed by atoms with Crippen LogP contribution in [-0.4, -0.2) is 66.8 Å². The molecule has 1 aliphatic heterocycles. The summed E-state index contributed by atoms with van der Waals surface area (Å²) in [6.45, 7) is 3.00. The van der Waals surface area contributed by atoms with Gasteiger partial charge in [0.05, 0.1) is 37.5 Å². The third-order valence-electron chi connectivity index (χ3n) is 5.65. The molecule has 3 rings (SSSR count). The third-order valence-corrected chi connectivity index (χ3v) is 5.65. The van der Waals surface area contributed by atoms with Gasteiger partial charge in [-0.05, 0) is 49.7 Å². The molecule has 0 unspecified atom stereocenters. The zero-order chi connectivity index (χ0) is 26.1. The van der Waals surface area contributed by atoms with Crippen molar-refractivity contribution in [2.75, 3.05) is 45.2 Å². The number of benzene rings is 1. The minimum atomic E-state index is -4.56. The molecule has 2 N–H and O–H groups in total. The van der Waals surface area contributed by atoms with Gasteiger partial charge in [0.1, 0.15) is 0 Å². The van der Waals surface area contributed by atoms with Crippen molar-refractivity contribution >= 4 is 17.7 Å². The van der Waals surface area contributed by atoms with Gasteiger partial charge < -0.3 is 25.1 Å². The highest BCUT2D eigenvalue weighted by Crippen LogP contribution is 2.31. The van der Waals surface area contributed by atoms with Crippen molar-refractivity contribution in [3.63, 3.8) is 0 Å². The molecule has 12 heteroatoms. The fourth-order valence-corrected chi connectivity index (χ4v) is 3.90. The van der Waals surface area contributed by atoms with Gasteiger partial charge in [-0.3, -0.25) is 9.78 Å². The summed E-state index contributed by atoms with van der Waals surface area (Å²) in [5, 5.41) is 7.56. The number of nitrogens with one attached hydrogen (secondary N) is 2. The topological polar surface area (TPSA) is 96.0 Å². The maximum atomic E-state index is 13.4. The van der Waals surface area contributed by atoms with E-state index < -0.39 is 17.9 Å². The Hall–Kier alpha value is -3.38. The van der Waals surface area contributed by atoms with Crippen LogP contribution in [0.1, 0.15) is 29.3 Å². The number of carbonyl (C=O) groups excluding carboxylic acids is 2. The second-order valence-corrected chi connectivity index (χ2v) is 8.10. The number of pyridine rings is 1. The van der Waals surface area contributed by atoms with Gasteiger partial charge in [-0.15, -0.1) is 5.06 Å². The number of alkyl halides is 3. The molecule has 0 fully saturated rings. The second-order valence-electron chi connectivity index (χ2n) is 8.10. The number of hydroxylamine groups is 2. The Kier molecular flexibility index (Phi) is 9.48.